The van der Waals surface area contributed by atoms with E-state index in [-0.39, 0.29) is 5.41 Å². The largest absolute Gasteiger partial charge is 0.398 e. The zero-order valence-corrected chi connectivity index (χ0v) is 15.3. The third-order valence-corrected chi connectivity index (χ3v) is 6.01. The molecule has 24 heavy (non-hydrogen) atoms. The van der Waals surface area contributed by atoms with Crippen LogP contribution in [0.3, 0.4) is 0 Å². The molecule has 1 saturated heterocycles. The fourth-order valence-corrected chi connectivity index (χ4v) is 4.12. The Balaban J connectivity index is 1.77. The maximum absolute atomic E-state index is 6.52. The van der Waals surface area contributed by atoms with Crippen molar-refractivity contribution in [2.75, 3.05) is 18.8 Å². The summed E-state index contributed by atoms with van der Waals surface area (Å²) in [4.78, 5) is 2.58. The number of piperidine rings is 1. The molecule has 0 radical (unpaired) electrons. The van der Waals surface area contributed by atoms with Gasteiger partial charge in [-0.3, -0.25) is 4.90 Å². The summed E-state index contributed by atoms with van der Waals surface area (Å²) >= 11 is 0. The molecule has 1 fully saturated rings. The highest BCUT2D eigenvalue weighted by Gasteiger charge is 2.39. The van der Waals surface area contributed by atoms with Crippen LogP contribution in [0.4, 0.5) is 5.69 Å². The van der Waals surface area contributed by atoms with Crippen molar-refractivity contribution < 1.29 is 0 Å². The number of rotatable bonds is 4. The highest BCUT2D eigenvalue weighted by Crippen LogP contribution is 2.42. The minimum Gasteiger partial charge on any atom is -0.398 e. The molecule has 3 rings (SSSR count). The van der Waals surface area contributed by atoms with E-state index < -0.39 is 0 Å². The van der Waals surface area contributed by atoms with Gasteiger partial charge in [-0.15, -0.1) is 0 Å². The average Bonchev–Trinajstić information content (AvgIpc) is 2.59. The molecular weight excluding hydrogens is 292 g/mol. The number of hydrogen-bond acceptors (Lipinski definition) is 2. The van der Waals surface area contributed by atoms with Crippen molar-refractivity contribution in [3.8, 4) is 0 Å². The lowest BCUT2D eigenvalue weighted by molar-refractivity contribution is 0.106. The topological polar surface area (TPSA) is 29.3 Å². The minimum absolute atomic E-state index is 0.169. The number of anilines is 1. The van der Waals surface area contributed by atoms with E-state index in [9.17, 15) is 0 Å². The summed E-state index contributed by atoms with van der Waals surface area (Å²) in [5.74, 6) is 0.587. The van der Waals surface area contributed by atoms with Gasteiger partial charge in [0.2, 0.25) is 0 Å². The zero-order valence-electron chi connectivity index (χ0n) is 15.3. The third kappa shape index (κ3) is 3.21. The van der Waals surface area contributed by atoms with Gasteiger partial charge in [0, 0.05) is 18.8 Å². The van der Waals surface area contributed by atoms with Gasteiger partial charge in [0.1, 0.15) is 0 Å². The first-order valence-electron chi connectivity index (χ1n) is 9.18. The quantitative estimate of drug-likeness (QED) is 0.832. The van der Waals surface area contributed by atoms with Gasteiger partial charge < -0.3 is 5.73 Å². The maximum Gasteiger partial charge on any atom is 0.0384 e. The molecule has 2 nitrogen and oxygen atoms in total. The van der Waals surface area contributed by atoms with Crippen LogP contribution < -0.4 is 5.73 Å². The van der Waals surface area contributed by atoms with E-state index >= 15 is 0 Å². The fourth-order valence-electron chi connectivity index (χ4n) is 4.12. The Kier molecular flexibility index (Phi) is 4.96. The van der Waals surface area contributed by atoms with E-state index in [1.165, 1.54) is 23.1 Å². The molecule has 2 heteroatoms. The van der Waals surface area contributed by atoms with Crippen LogP contribution in [0.2, 0.25) is 0 Å². The lowest BCUT2D eigenvalue weighted by atomic mass is 9.67. The Hall–Kier alpha value is -1.80. The Morgan fingerprint density at radius 2 is 1.88 bits per heavy atom. The summed E-state index contributed by atoms with van der Waals surface area (Å²) in [7, 11) is 0. The van der Waals surface area contributed by atoms with Crippen molar-refractivity contribution in [3.05, 3.63) is 65.2 Å². The van der Waals surface area contributed by atoms with Crippen LogP contribution in [-0.2, 0) is 18.4 Å². The number of benzene rings is 2. The normalized spacial score (nSPS) is 24.9. The van der Waals surface area contributed by atoms with Gasteiger partial charge in [0.15, 0.2) is 0 Å². The Labute approximate surface area is 146 Å². The van der Waals surface area contributed by atoms with Crippen molar-refractivity contribution in [2.45, 2.75) is 45.6 Å². The van der Waals surface area contributed by atoms with Crippen molar-refractivity contribution in [1.82, 2.24) is 4.90 Å². The molecule has 1 aliphatic heterocycles. The summed E-state index contributed by atoms with van der Waals surface area (Å²) in [6.07, 6.45) is 2.17. The van der Waals surface area contributed by atoms with Crippen molar-refractivity contribution in [1.29, 1.82) is 0 Å². The lowest BCUT2D eigenvalue weighted by Gasteiger charge is -2.45. The second-order valence-electron chi connectivity index (χ2n) is 7.52. The second-order valence-corrected chi connectivity index (χ2v) is 7.52. The number of nitrogens with zero attached hydrogens (tertiary/aromatic N) is 1. The van der Waals surface area contributed by atoms with E-state index in [1.807, 2.05) is 0 Å². The van der Waals surface area contributed by atoms with Crippen LogP contribution in [0.25, 0.3) is 0 Å². The number of likely N-dealkylation sites (tertiary alicyclic amines) is 1. The molecule has 0 spiro atoms. The van der Waals surface area contributed by atoms with Crippen molar-refractivity contribution >= 4 is 5.69 Å². The van der Waals surface area contributed by atoms with Gasteiger partial charge in [0.05, 0.1) is 0 Å². The minimum atomic E-state index is 0.169. The molecule has 128 valence electrons. The summed E-state index contributed by atoms with van der Waals surface area (Å²) in [6.45, 7) is 10.3. The summed E-state index contributed by atoms with van der Waals surface area (Å²) in [5, 5.41) is 0. The molecule has 0 bridgehead atoms. The second kappa shape index (κ2) is 6.98. The Morgan fingerprint density at radius 1 is 1.12 bits per heavy atom. The van der Waals surface area contributed by atoms with Crippen LogP contribution >= 0.6 is 0 Å². The molecule has 0 amide bonds. The zero-order chi connectivity index (χ0) is 17.2. The van der Waals surface area contributed by atoms with E-state index in [4.69, 9.17) is 5.73 Å². The van der Waals surface area contributed by atoms with E-state index in [2.05, 4.69) is 74.2 Å². The monoisotopic (exact) mass is 322 g/mol. The summed E-state index contributed by atoms with van der Waals surface area (Å²) in [6, 6.07) is 17.4. The van der Waals surface area contributed by atoms with E-state index in [0.29, 0.717) is 5.92 Å². The Bertz CT molecular complexity index is 680. The first-order valence-corrected chi connectivity index (χ1v) is 9.18. The highest BCUT2D eigenvalue weighted by molar-refractivity contribution is 5.57. The van der Waals surface area contributed by atoms with Gasteiger partial charge >= 0.3 is 0 Å². The van der Waals surface area contributed by atoms with Crippen LogP contribution in [0.15, 0.2) is 48.5 Å². The number of aryl methyl sites for hydroxylation is 1. The third-order valence-electron chi connectivity index (χ3n) is 6.01. The fraction of sp³-hybridized carbons (Fsp3) is 0.455. The number of para-hydroxylation sites is 1. The van der Waals surface area contributed by atoms with Crippen molar-refractivity contribution in [2.24, 2.45) is 5.92 Å². The van der Waals surface area contributed by atoms with Crippen LogP contribution in [0.1, 0.15) is 43.9 Å². The average molecular weight is 322 g/mol. The molecule has 0 aliphatic carbocycles. The molecule has 0 saturated carbocycles. The summed E-state index contributed by atoms with van der Waals surface area (Å²) < 4.78 is 0. The molecule has 2 aromatic rings. The van der Waals surface area contributed by atoms with E-state index in [1.54, 1.807) is 0 Å². The molecule has 2 atom stereocenters. The predicted molar refractivity (Wildman–Crippen MR) is 103 cm³/mol. The molecule has 2 unspecified atom stereocenters. The van der Waals surface area contributed by atoms with Crippen LogP contribution in [0, 0.1) is 5.92 Å². The van der Waals surface area contributed by atoms with E-state index in [0.717, 1.165) is 31.7 Å². The Morgan fingerprint density at radius 3 is 2.54 bits per heavy atom. The van der Waals surface area contributed by atoms with Gasteiger partial charge in [-0.1, -0.05) is 69.3 Å². The first-order chi connectivity index (χ1) is 11.5. The molecule has 1 aliphatic rings. The number of nitrogen functional groups attached to an aromatic ring is 1. The van der Waals surface area contributed by atoms with Gasteiger partial charge in [-0.2, -0.15) is 0 Å². The summed E-state index contributed by atoms with van der Waals surface area (Å²) in [5.41, 5.74) is 11.7. The molecule has 0 aromatic heterocycles. The molecular formula is C22H30N2. The van der Waals surface area contributed by atoms with Crippen LogP contribution in [0.5, 0.6) is 0 Å². The molecule has 2 aromatic carbocycles. The highest BCUT2D eigenvalue weighted by atomic mass is 15.1. The van der Waals surface area contributed by atoms with Gasteiger partial charge in [-0.25, -0.2) is 0 Å². The first kappa shape index (κ1) is 17.0. The van der Waals surface area contributed by atoms with Crippen LogP contribution in [-0.4, -0.2) is 18.0 Å². The van der Waals surface area contributed by atoms with Crippen molar-refractivity contribution in [3.63, 3.8) is 0 Å². The SMILES string of the molecule is CCc1cccc(C2(C)CCN(Cc3ccccc3)CC2C)c1N. The van der Waals surface area contributed by atoms with Gasteiger partial charge in [-0.05, 0) is 47.4 Å². The predicted octanol–water partition coefficient (Wildman–Crippen LogP) is 4.63. The maximum atomic E-state index is 6.52. The number of nitrogens with two attached hydrogens (primary N) is 1. The molecule has 1 heterocycles. The number of hydrogen-bond donors (Lipinski definition) is 1. The smallest absolute Gasteiger partial charge is 0.0384 e. The van der Waals surface area contributed by atoms with Gasteiger partial charge in [0.25, 0.3) is 0 Å². The molecule has 2 N–H and O–H groups in total. The standard InChI is InChI=1S/C22H30N2/c1-4-19-11-8-12-20(21(19)23)22(3)13-14-24(15-17(22)2)16-18-9-6-5-7-10-18/h5-12,17H,4,13-16,23H2,1-3H3. The lowest BCUT2D eigenvalue weighted by Crippen LogP contribution is -2.47.